The van der Waals surface area contributed by atoms with E-state index in [2.05, 4.69) is 15.0 Å². The Bertz CT molecular complexity index is 1600. The van der Waals surface area contributed by atoms with E-state index >= 15 is 0 Å². The van der Waals surface area contributed by atoms with Crippen LogP contribution in [0, 0.1) is 5.82 Å². The summed E-state index contributed by atoms with van der Waals surface area (Å²) in [4.78, 5) is 44.8. The molecule has 2 amide bonds. The molecule has 2 aliphatic rings. The van der Waals surface area contributed by atoms with Crippen LogP contribution in [0.25, 0.3) is 0 Å². The Morgan fingerprint density at radius 1 is 1.17 bits per heavy atom. The van der Waals surface area contributed by atoms with Crippen LogP contribution in [-0.2, 0) is 31.0 Å². The predicted octanol–water partition coefficient (Wildman–Crippen LogP) is 6.85. The summed E-state index contributed by atoms with van der Waals surface area (Å²) in [6.07, 6.45) is 4.17. The average molecular weight is 670 g/mol. The standard InChI is InChI=1S/C34H40FN3O8S/c1-33(2,3)46-32(41)38-13-11-21-16-27(44-20-23-8-6-7-14-43-23)28(45-22-9-10-24(26(35)17-22)30(40)42-5)18-25(21)34(38,4)19-29(39)37-31-36-12-15-47-31/h9-10,12,15-18,23H,6-8,11,13-14,19-20H2,1-5H3,(H,36,37,39)/t23?,34-/m1/s1. The minimum Gasteiger partial charge on any atom is -0.487 e. The van der Waals surface area contributed by atoms with Gasteiger partial charge in [-0.1, -0.05) is 0 Å². The fourth-order valence-electron chi connectivity index (χ4n) is 5.77. The lowest BCUT2D eigenvalue weighted by Crippen LogP contribution is -2.54. The molecule has 252 valence electrons. The van der Waals surface area contributed by atoms with Gasteiger partial charge in [-0.15, -0.1) is 11.3 Å². The number of carbonyl (C=O) groups excluding carboxylic acids is 3. The molecule has 2 atom stereocenters. The molecule has 13 heteroatoms. The summed E-state index contributed by atoms with van der Waals surface area (Å²) in [5.74, 6) is -1.23. The minimum atomic E-state index is -1.18. The van der Waals surface area contributed by atoms with Gasteiger partial charge in [0, 0.05) is 30.8 Å². The third kappa shape index (κ3) is 8.20. The number of halogens is 1. The first-order chi connectivity index (χ1) is 22.4. The summed E-state index contributed by atoms with van der Waals surface area (Å²) in [6, 6.07) is 7.40. The first kappa shape index (κ1) is 34.1. The second kappa shape index (κ2) is 14.3. The summed E-state index contributed by atoms with van der Waals surface area (Å²) in [5, 5.41) is 5.01. The monoisotopic (exact) mass is 669 g/mol. The van der Waals surface area contributed by atoms with Crippen LogP contribution in [0.4, 0.5) is 14.3 Å². The van der Waals surface area contributed by atoms with Gasteiger partial charge in [0.15, 0.2) is 16.6 Å². The zero-order chi connectivity index (χ0) is 33.8. The summed E-state index contributed by atoms with van der Waals surface area (Å²) in [6.45, 7) is 8.38. The van der Waals surface area contributed by atoms with Crippen LogP contribution in [0.1, 0.15) is 74.9 Å². The molecule has 0 radical (unpaired) electrons. The molecule has 0 bridgehead atoms. The maximum absolute atomic E-state index is 14.9. The van der Waals surface area contributed by atoms with Crippen molar-refractivity contribution in [2.45, 2.75) is 77.0 Å². The fourth-order valence-corrected chi connectivity index (χ4v) is 6.32. The van der Waals surface area contributed by atoms with Gasteiger partial charge in [0.25, 0.3) is 0 Å². The van der Waals surface area contributed by atoms with Gasteiger partial charge in [-0.25, -0.2) is 19.0 Å². The van der Waals surface area contributed by atoms with Gasteiger partial charge >= 0.3 is 12.1 Å². The number of nitrogens with zero attached hydrogens (tertiary/aromatic N) is 2. The van der Waals surface area contributed by atoms with Crippen molar-refractivity contribution < 1.29 is 42.5 Å². The van der Waals surface area contributed by atoms with E-state index in [0.717, 1.165) is 30.9 Å². The van der Waals surface area contributed by atoms with Crippen molar-refractivity contribution in [2.24, 2.45) is 0 Å². The van der Waals surface area contributed by atoms with Crippen LogP contribution >= 0.6 is 11.3 Å². The lowest BCUT2D eigenvalue weighted by Gasteiger charge is -2.46. The molecule has 3 aromatic rings. The number of aromatic nitrogens is 1. The topological polar surface area (TPSA) is 126 Å². The minimum absolute atomic E-state index is 0.0908. The number of amides is 2. The van der Waals surface area contributed by atoms with Crippen LogP contribution in [0.3, 0.4) is 0 Å². The van der Waals surface area contributed by atoms with E-state index in [4.69, 9.17) is 18.9 Å². The molecule has 11 nitrogen and oxygen atoms in total. The lowest BCUT2D eigenvalue weighted by atomic mass is 9.79. The number of thiazole rings is 1. The number of carbonyl (C=O) groups is 3. The molecule has 1 saturated heterocycles. The predicted molar refractivity (Wildman–Crippen MR) is 173 cm³/mol. The molecule has 0 saturated carbocycles. The molecular formula is C34H40FN3O8S. The van der Waals surface area contributed by atoms with Crippen LogP contribution in [0.15, 0.2) is 41.9 Å². The van der Waals surface area contributed by atoms with E-state index in [0.29, 0.717) is 29.5 Å². The largest absolute Gasteiger partial charge is 0.487 e. The molecule has 1 aromatic heterocycles. The lowest BCUT2D eigenvalue weighted by molar-refractivity contribution is -0.119. The van der Waals surface area contributed by atoms with E-state index in [1.807, 2.05) is 6.07 Å². The number of rotatable bonds is 9. The Balaban J connectivity index is 1.55. The molecular weight excluding hydrogens is 629 g/mol. The molecule has 2 aliphatic heterocycles. The third-order valence-electron chi connectivity index (χ3n) is 8.02. The zero-order valence-corrected chi connectivity index (χ0v) is 28.0. The van der Waals surface area contributed by atoms with Crippen molar-refractivity contribution in [3.8, 4) is 17.2 Å². The van der Waals surface area contributed by atoms with Crippen molar-refractivity contribution in [3.05, 3.63) is 64.4 Å². The van der Waals surface area contributed by atoms with E-state index < -0.39 is 29.0 Å². The normalized spacial score (nSPS) is 19.4. The molecule has 1 unspecified atom stereocenters. The van der Waals surface area contributed by atoms with Crippen LogP contribution in [0.5, 0.6) is 17.2 Å². The van der Waals surface area contributed by atoms with Crippen molar-refractivity contribution in [3.63, 3.8) is 0 Å². The number of esters is 1. The van der Waals surface area contributed by atoms with E-state index in [-0.39, 0.29) is 48.6 Å². The highest BCUT2D eigenvalue weighted by Crippen LogP contribution is 2.45. The van der Waals surface area contributed by atoms with Gasteiger partial charge < -0.3 is 29.0 Å². The number of benzene rings is 2. The van der Waals surface area contributed by atoms with Crippen molar-refractivity contribution in [2.75, 3.05) is 32.2 Å². The SMILES string of the molecule is COC(=O)c1ccc(Oc2cc3c(cc2OCC2CCCCO2)CCN(C(=O)OC(C)(C)C)[C@]3(C)CC(=O)Nc2nccs2)cc1F. The second-order valence-corrected chi connectivity index (χ2v) is 13.6. The number of hydrogen-bond acceptors (Lipinski definition) is 10. The van der Waals surface area contributed by atoms with E-state index in [1.54, 1.807) is 50.2 Å². The zero-order valence-electron chi connectivity index (χ0n) is 27.2. The first-order valence-corrected chi connectivity index (χ1v) is 16.4. The van der Waals surface area contributed by atoms with Crippen LogP contribution < -0.4 is 14.8 Å². The maximum atomic E-state index is 14.9. The maximum Gasteiger partial charge on any atom is 0.411 e. The summed E-state index contributed by atoms with van der Waals surface area (Å²) < 4.78 is 43.7. The second-order valence-electron chi connectivity index (χ2n) is 12.7. The van der Waals surface area contributed by atoms with Gasteiger partial charge in [0.05, 0.1) is 30.7 Å². The molecule has 1 fully saturated rings. The number of ether oxygens (including phenoxy) is 5. The van der Waals surface area contributed by atoms with Crippen molar-refractivity contribution in [1.82, 2.24) is 9.88 Å². The highest BCUT2D eigenvalue weighted by atomic mass is 32.1. The Kier molecular flexibility index (Phi) is 10.4. The Labute approximate surface area is 277 Å². The Morgan fingerprint density at radius 2 is 1.98 bits per heavy atom. The highest BCUT2D eigenvalue weighted by molar-refractivity contribution is 7.13. The van der Waals surface area contributed by atoms with E-state index in [9.17, 15) is 18.8 Å². The average Bonchev–Trinajstić information content (AvgIpc) is 3.52. The number of nitrogens with one attached hydrogen (secondary N) is 1. The number of hydrogen-bond donors (Lipinski definition) is 1. The first-order valence-electron chi connectivity index (χ1n) is 15.5. The number of fused-ring (bicyclic) bond motifs is 1. The molecule has 47 heavy (non-hydrogen) atoms. The summed E-state index contributed by atoms with van der Waals surface area (Å²) >= 11 is 1.29. The van der Waals surface area contributed by atoms with Crippen LogP contribution in [-0.4, -0.2) is 66.4 Å². The highest BCUT2D eigenvalue weighted by Gasteiger charge is 2.45. The summed E-state index contributed by atoms with van der Waals surface area (Å²) in [7, 11) is 1.17. The number of anilines is 1. The smallest absolute Gasteiger partial charge is 0.411 e. The van der Waals surface area contributed by atoms with E-state index in [1.165, 1.54) is 30.6 Å². The van der Waals surface area contributed by atoms with Gasteiger partial charge in [-0.05, 0) is 88.8 Å². The summed E-state index contributed by atoms with van der Waals surface area (Å²) in [5.41, 5.74) is -0.682. The molecule has 5 rings (SSSR count). The van der Waals surface area contributed by atoms with Gasteiger partial charge in [-0.2, -0.15) is 0 Å². The number of methoxy groups -OCH3 is 1. The Morgan fingerprint density at radius 3 is 2.64 bits per heavy atom. The molecule has 1 N–H and O–H groups in total. The molecule has 2 aromatic carbocycles. The van der Waals surface area contributed by atoms with Gasteiger partial charge in [0.1, 0.15) is 23.8 Å². The molecule has 3 heterocycles. The molecule has 0 spiro atoms. The fraction of sp³-hybridized carbons (Fsp3) is 0.471. The van der Waals surface area contributed by atoms with Crippen LogP contribution in [0.2, 0.25) is 0 Å². The van der Waals surface area contributed by atoms with Gasteiger partial charge in [-0.3, -0.25) is 9.69 Å². The third-order valence-corrected chi connectivity index (χ3v) is 8.71. The quantitative estimate of drug-likeness (QED) is 0.244. The van der Waals surface area contributed by atoms with Gasteiger partial charge in [0.2, 0.25) is 5.91 Å². The van der Waals surface area contributed by atoms with Crippen molar-refractivity contribution in [1.29, 1.82) is 0 Å². The van der Waals surface area contributed by atoms with Crippen molar-refractivity contribution >= 4 is 34.4 Å². The Hall–Kier alpha value is -4.23. The molecule has 0 aliphatic carbocycles.